The van der Waals surface area contributed by atoms with Crippen LogP contribution in [-0.4, -0.2) is 40.3 Å². The van der Waals surface area contributed by atoms with Crippen LogP contribution in [0, 0.1) is 0 Å². The summed E-state index contributed by atoms with van der Waals surface area (Å²) in [4.78, 5) is 15.2. The van der Waals surface area contributed by atoms with Crippen LogP contribution in [0.25, 0.3) is 5.65 Å². The van der Waals surface area contributed by atoms with E-state index < -0.39 is 9.84 Å². The predicted octanol–water partition coefficient (Wildman–Crippen LogP) is 0.661. The standard InChI is InChI=1S/C12H13N3O3S/c16-8-9-3-1-5-12-13-11(14-15(9)12)7-10-4-2-6-19(10,17)18/h1,3,5,8,10H,2,4,6-7H2. The van der Waals surface area contributed by atoms with Crippen molar-refractivity contribution in [3.8, 4) is 0 Å². The highest BCUT2D eigenvalue weighted by molar-refractivity contribution is 7.92. The molecule has 0 N–H and O–H groups in total. The van der Waals surface area contributed by atoms with Crippen LogP contribution in [-0.2, 0) is 16.3 Å². The van der Waals surface area contributed by atoms with Crippen molar-refractivity contribution in [2.75, 3.05) is 5.75 Å². The molecule has 6 nitrogen and oxygen atoms in total. The minimum Gasteiger partial charge on any atom is -0.296 e. The molecule has 0 spiro atoms. The molecule has 0 aliphatic carbocycles. The van der Waals surface area contributed by atoms with E-state index in [-0.39, 0.29) is 11.0 Å². The number of fused-ring (bicyclic) bond motifs is 1. The van der Waals surface area contributed by atoms with Gasteiger partial charge in [-0.2, -0.15) is 5.10 Å². The maximum Gasteiger partial charge on any atom is 0.168 e. The van der Waals surface area contributed by atoms with Crippen molar-refractivity contribution in [3.05, 3.63) is 29.7 Å². The van der Waals surface area contributed by atoms with E-state index in [1.807, 2.05) is 0 Å². The van der Waals surface area contributed by atoms with Gasteiger partial charge in [0.15, 0.2) is 27.6 Å². The van der Waals surface area contributed by atoms with Crippen molar-refractivity contribution in [2.24, 2.45) is 0 Å². The summed E-state index contributed by atoms with van der Waals surface area (Å²) in [7, 11) is -3.00. The quantitative estimate of drug-likeness (QED) is 0.771. The molecule has 100 valence electrons. The molecule has 3 rings (SSSR count). The molecule has 1 aliphatic heterocycles. The molecule has 0 bridgehead atoms. The van der Waals surface area contributed by atoms with Crippen LogP contribution in [0.5, 0.6) is 0 Å². The largest absolute Gasteiger partial charge is 0.296 e. The van der Waals surface area contributed by atoms with Crippen LogP contribution >= 0.6 is 0 Å². The van der Waals surface area contributed by atoms with Gasteiger partial charge in [0.1, 0.15) is 5.69 Å². The van der Waals surface area contributed by atoms with Crippen molar-refractivity contribution in [3.63, 3.8) is 0 Å². The zero-order valence-corrected chi connectivity index (χ0v) is 11.0. The van der Waals surface area contributed by atoms with Gasteiger partial charge in [0.05, 0.1) is 11.0 Å². The topological polar surface area (TPSA) is 81.4 Å². The first-order chi connectivity index (χ1) is 9.10. The molecule has 2 aromatic rings. The van der Waals surface area contributed by atoms with Gasteiger partial charge in [0.2, 0.25) is 0 Å². The average Bonchev–Trinajstić information content (AvgIpc) is 2.92. The molecule has 0 amide bonds. The lowest BCUT2D eigenvalue weighted by atomic mass is 10.2. The van der Waals surface area contributed by atoms with Crippen molar-refractivity contribution in [1.29, 1.82) is 0 Å². The third-order valence-corrected chi connectivity index (χ3v) is 5.70. The second-order valence-electron chi connectivity index (χ2n) is 4.70. The van der Waals surface area contributed by atoms with Crippen molar-refractivity contribution < 1.29 is 13.2 Å². The second-order valence-corrected chi connectivity index (χ2v) is 7.10. The van der Waals surface area contributed by atoms with Gasteiger partial charge in [-0.15, -0.1) is 0 Å². The van der Waals surface area contributed by atoms with Gasteiger partial charge in [-0.05, 0) is 25.0 Å². The maximum absolute atomic E-state index is 11.8. The number of sulfone groups is 1. The van der Waals surface area contributed by atoms with E-state index in [0.29, 0.717) is 42.7 Å². The number of rotatable bonds is 3. The molecule has 3 heterocycles. The fraction of sp³-hybridized carbons (Fsp3) is 0.417. The van der Waals surface area contributed by atoms with Gasteiger partial charge in [-0.1, -0.05) is 6.07 Å². The smallest absolute Gasteiger partial charge is 0.168 e. The number of aromatic nitrogens is 3. The summed E-state index contributed by atoms with van der Waals surface area (Å²) in [6, 6.07) is 5.11. The molecular weight excluding hydrogens is 266 g/mol. The number of nitrogens with zero attached hydrogens (tertiary/aromatic N) is 3. The molecular formula is C12H13N3O3S. The SMILES string of the molecule is O=Cc1cccc2nc(CC3CCCS3(=O)=O)nn12. The number of carbonyl (C=O) groups excluding carboxylic acids is 1. The lowest BCUT2D eigenvalue weighted by Gasteiger charge is -2.04. The fourth-order valence-electron chi connectivity index (χ4n) is 2.44. The molecule has 1 aliphatic rings. The Kier molecular flexibility index (Phi) is 2.85. The van der Waals surface area contributed by atoms with E-state index in [1.54, 1.807) is 18.2 Å². The molecule has 2 aromatic heterocycles. The molecule has 19 heavy (non-hydrogen) atoms. The molecule has 1 unspecified atom stereocenters. The molecule has 1 fully saturated rings. The fourth-order valence-corrected chi connectivity index (χ4v) is 4.27. The number of pyridine rings is 1. The van der Waals surface area contributed by atoms with Gasteiger partial charge in [0.25, 0.3) is 0 Å². The van der Waals surface area contributed by atoms with Crippen LogP contribution in [0.3, 0.4) is 0 Å². The van der Waals surface area contributed by atoms with Gasteiger partial charge in [-0.3, -0.25) is 4.79 Å². The Hall–Kier alpha value is -1.76. The van der Waals surface area contributed by atoms with Crippen molar-refractivity contribution in [2.45, 2.75) is 24.5 Å². The Morgan fingerprint density at radius 3 is 2.95 bits per heavy atom. The average molecular weight is 279 g/mol. The molecule has 1 saturated heterocycles. The number of hydrogen-bond donors (Lipinski definition) is 0. The highest BCUT2D eigenvalue weighted by Crippen LogP contribution is 2.22. The Balaban J connectivity index is 1.96. The maximum atomic E-state index is 11.8. The second kappa shape index (κ2) is 4.41. The predicted molar refractivity (Wildman–Crippen MR) is 68.9 cm³/mol. The van der Waals surface area contributed by atoms with E-state index in [9.17, 15) is 13.2 Å². The third kappa shape index (κ3) is 2.14. The number of carbonyl (C=O) groups is 1. The lowest BCUT2D eigenvalue weighted by molar-refractivity contribution is 0.111. The van der Waals surface area contributed by atoms with Crippen LogP contribution in [0.15, 0.2) is 18.2 Å². The minimum absolute atomic E-state index is 0.255. The van der Waals surface area contributed by atoms with Gasteiger partial charge in [-0.25, -0.2) is 17.9 Å². The first-order valence-electron chi connectivity index (χ1n) is 6.11. The first kappa shape index (κ1) is 12.3. The Morgan fingerprint density at radius 2 is 2.26 bits per heavy atom. The highest BCUT2D eigenvalue weighted by atomic mass is 32.2. The first-order valence-corrected chi connectivity index (χ1v) is 7.83. The molecule has 0 aromatic carbocycles. The molecule has 0 saturated carbocycles. The minimum atomic E-state index is -3.00. The van der Waals surface area contributed by atoms with E-state index in [4.69, 9.17) is 0 Å². The van der Waals surface area contributed by atoms with Crippen LogP contribution < -0.4 is 0 Å². The van der Waals surface area contributed by atoms with Crippen LogP contribution in [0.2, 0.25) is 0 Å². The van der Waals surface area contributed by atoms with Gasteiger partial charge in [0, 0.05) is 6.42 Å². The van der Waals surface area contributed by atoms with E-state index >= 15 is 0 Å². The number of aldehydes is 1. The zero-order chi connectivity index (χ0) is 13.5. The summed E-state index contributed by atoms with van der Waals surface area (Å²) in [5.74, 6) is 0.731. The molecule has 1 atom stereocenters. The van der Waals surface area contributed by atoms with Crippen LogP contribution in [0.4, 0.5) is 0 Å². The summed E-state index contributed by atoms with van der Waals surface area (Å²) >= 11 is 0. The number of hydrogen-bond acceptors (Lipinski definition) is 5. The Bertz CT molecular complexity index is 736. The van der Waals surface area contributed by atoms with Crippen LogP contribution in [0.1, 0.15) is 29.2 Å². The zero-order valence-electron chi connectivity index (χ0n) is 10.2. The summed E-state index contributed by atoms with van der Waals surface area (Å²) in [5.41, 5.74) is 0.973. The van der Waals surface area contributed by atoms with Crippen molar-refractivity contribution >= 4 is 21.8 Å². The summed E-state index contributed by atoms with van der Waals surface area (Å²) in [6.45, 7) is 0. The third-order valence-electron chi connectivity index (χ3n) is 3.43. The van der Waals surface area contributed by atoms with E-state index in [0.717, 1.165) is 0 Å². The lowest BCUT2D eigenvalue weighted by Crippen LogP contribution is -2.19. The van der Waals surface area contributed by atoms with Gasteiger partial charge < -0.3 is 0 Å². The van der Waals surface area contributed by atoms with E-state index in [2.05, 4.69) is 10.1 Å². The summed E-state index contributed by atoms with van der Waals surface area (Å²) in [6.07, 6.45) is 2.40. The Morgan fingerprint density at radius 1 is 1.42 bits per heavy atom. The summed E-state index contributed by atoms with van der Waals surface area (Å²) < 4.78 is 25.0. The molecule has 7 heteroatoms. The normalized spacial score (nSPS) is 21.8. The van der Waals surface area contributed by atoms with Crippen molar-refractivity contribution in [1.82, 2.24) is 14.6 Å². The molecule has 0 radical (unpaired) electrons. The van der Waals surface area contributed by atoms with E-state index in [1.165, 1.54) is 4.52 Å². The monoisotopic (exact) mass is 279 g/mol. The summed E-state index contributed by atoms with van der Waals surface area (Å²) in [5, 5.41) is 3.84. The highest BCUT2D eigenvalue weighted by Gasteiger charge is 2.32. The Labute approximate surface area is 110 Å². The van der Waals surface area contributed by atoms with Gasteiger partial charge >= 0.3 is 0 Å².